The molecule has 0 saturated carbocycles. The van der Waals surface area contributed by atoms with Gasteiger partial charge >= 0.3 is 0 Å². The van der Waals surface area contributed by atoms with Gasteiger partial charge in [-0.1, -0.05) is 121 Å². The standard InChI is InChI=1S/C15H16O.C8H10O.C7H7Cl/c1-3-7-14(8-4-1)11-12-16-13-15-9-5-2-6-10-15;9-7-6-8-4-2-1-3-5-8;8-6-7-4-2-1-3-5-7/h1-10H,11-13H2;1-5,9H,6-7H2;1-5H,6H2. The molecule has 0 bridgehead atoms. The van der Waals surface area contributed by atoms with E-state index in [0.717, 1.165) is 19.4 Å². The van der Waals surface area contributed by atoms with Gasteiger partial charge in [-0.3, -0.25) is 0 Å². The lowest BCUT2D eigenvalue weighted by molar-refractivity contribution is 0.124. The maximum Gasteiger partial charge on any atom is 0.0717 e. The van der Waals surface area contributed by atoms with Crippen molar-refractivity contribution in [3.63, 3.8) is 0 Å². The van der Waals surface area contributed by atoms with Crippen molar-refractivity contribution in [2.45, 2.75) is 25.3 Å². The summed E-state index contributed by atoms with van der Waals surface area (Å²) in [6.45, 7) is 1.72. The predicted octanol–water partition coefficient (Wildman–Crippen LogP) is 7.09. The Morgan fingerprint density at radius 3 is 1.30 bits per heavy atom. The minimum absolute atomic E-state index is 0.240. The first kappa shape index (κ1) is 26.3. The lowest BCUT2D eigenvalue weighted by atomic mass is 10.2. The van der Waals surface area contributed by atoms with Gasteiger partial charge in [0.1, 0.15) is 0 Å². The summed E-state index contributed by atoms with van der Waals surface area (Å²) in [7, 11) is 0. The average molecular weight is 461 g/mol. The number of ether oxygens (including phenoxy) is 1. The molecule has 0 fully saturated rings. The largest absolute Gasteiger partial charge is 0.396 e. The van der Waals surface area contributed by atoms with E-state index in [4.69, 9.17) is 21.4 Å². The Hall–Kier alpha value is -2.91. The van der Waals surface area contributed by atoms with Crippen LogP contribution in [0, 0.1) is 0 Å². The van der Waals surface area contributed by atoms with Gasteiger partial charge in [0, 0.05) is 12.5 Å². The van der Waals surface area contributed by atoms with Gasteiger partial charge in [0.05, 0.1) is 13.2 Å². The zero-order valence-electron chi connectivity index (χ0n) is 19.0. The highest BCUT2D eigenvalue weighted by atomic mass is 35.5. The molecule has 0 amide bonds. The molecule has 0 aliphatic heterocycles. The van der Waals surface area contributed by atoms with Crippen LogP contribution in [0.5, 0.6) is 0 Å². The van der Waals surface area contributed by atoms with Crippen LogP contribution in [-0.2, 0) is 30.1 Å². The van der Waals surface area contributed by atoms with Crippen LogP contribution in [0.1, 0.15) is 22.3 Å². The van der Waals surface area contributed by atoms with E-state index in [2.05, 4.69) is 36.4 Å². The van der Waals surface area contributed by atoms with Crippen molar-refractivity contribution in [2.75, 3.05) is 13.2 Å². The molecule has 0 atom stereocenters. The number of benzene rings is 4. The number of aliphatic hydroxyl groups is 1. The van der Waals surface area contributed by atoms with E-state index in [0.29, 0.717) is 12.5 Å². The van der Waals surface area contributed by atoms with Gasteiger partial charge in [0.15, 0.2) is 0 Å². The summed E-state index contributed by atoms with van der Waals surface area (Å²) in [4.78, 5) is 0. The number of aliphatic hydroxyl groups excluding tert-OH is 1. The lowest BCUT2D eigenvalue weighted by Gasteiger charge is -2.04. The summed E-state index contributed by atoms with van der Waals surface area (Å²) in [6.07, 6.45) is 1.74. The van der Waals surface area contributed by atoms with Crippen molar-refractivity contribution in [3.05, 3.63) is 144 Å². The molecule has 2 nitrogen and oxygen atoms in total. The molecule has 0 spiro atoms. The third-order valence-corrected chi connectivity index (χ3v) is 5.04. The Morgan fingerprint density at radius 2 is 0.909 bits per heavy atom. The van der Waals surface area contributed by atoms with Gasteiger partial charge < -0.3 is 9.84 Å². The Balaban J connectivity index is 0.000000192. The van der Waals surface area contributed by atoms with Gasteiger partial charge in [0.2, 0.25) is 0 Å². The highest BCUT2D eigenvalue weighted by Crippen LogP contribution is 2.03. The quantitative estimate of drug-likeness (QED) is 0.224. The maximum absolute atomic E-state index is 8.52. The lowest BCUT2D eigenvalue weighted by Crippen LogP contribution is -1.98. The molecule has 0 radical (unpaired) electrons. The molecule has 0 heterocycles. The first-order chi connectivity index (χ1) is 16.3. The Bertz CT molecular complexity index is 904. The molecule has 4 rings (SSSR count). The van der Waals surface area contributed by atoms with Crippen LogP contribution in [0.2, 0.25) is 0 Å². The summed E-state index contributed by atoms with van der Waals surface area (Å²) < 4.78 is 5.62. The second-order valence-corrected chi connectivity index (χ2v) is 7.62. The van der Waals surface area contributed by atoms with Crippen LogP contribution < -0.4 is 0 Å². The third kappa shape index (κ3) is 12.6. The number of hydrogen-bond donors (Lipinski definition) is 1. The first-order valence-corrected chi connectivity index (χ1v) is 11.8. The minimum Gasteiger partial charge on any atom is -0.396 e. The van der Waals surface area contributed by atoms with E-state index in [1.165, 1.54) is 22.3 Å². The van der Waals surface area contributed by atoms with Crippen LogP contribution in [0.3, 0.4) is 0 Å². The van der Waals surface area contributed by atoms with Crippen molar-refractivity contribution < 1.29 is 9.84 Å². The fourth-order valence-corrected chi connectivity index (χ4v) is 3.12. The smallest absolute Gasteiger partial charge is 0.0717 e. The summed E-state index contributed by atoms with van der Waals surface area (Å²) >= 11 is 5.53. The van der Waals surface area contributed by atoms with E-state index >= 15 is 0 Å². The van der Waals surface area contributed by atoms with E-state index in [-0.39, 0.29) is 6.61 Å². The maximum atomic E-state index is 8.52. The molecule has 172 valence electrons. The van der Waals surface area contributed by atoms with E-state index in [1.807, 2.05) is 84.9 Å². The van der Waals surface area contributed by atoms with E-state index in [1.54, 1.807) is 0 Å². The van der Waals surface area contributed by atoms with Crippen molar-refractivity contribution in [3.8, 4) is 0 Å². The fraction of sp³-hybridized carbons (Fsp3) is 0.200. The SMILES string of the molecule is ClCc1ccccc1.OCCc1ccccc1.c1ccc(CCOCc2ccccc2)cc1. The predicted molar refractivity (Wildman–Crippen MR) is 139 cm³/mol. The Labute approximate surface area is 203 Å². The molecule has 0 unspecified atom stereocenters. The number of hydrogen-bond acceptors (Lipinski definition) is 2. The molecular formula is C30H33ClO2. The average Bonchev–Trinajstić information content (AvgIpc) is 2.90. The molecule has 4 aromatic rings. The summed E-state index contributed by atoms with van der Waals surface area (Å²) in [5.41, 5.74) is 4.93. The third-order valence-electron chi connectivity index (χ3n) is 4.73. The van der Waals surface area contributed by atoms with Crippen molar-refractivity contribution in [1.29, 1.82) is 0 Å². The van der Waals surface area contributed by atoms with Crippen LogP contribution >= 0.6 is 11.6 Å². The van der Waals surface area contributed by atoms with Crippen molar-refractivity contribution >= 4 is 11.6 Å². The first-order valence-electron chi connectivity index (χ1n) is 11.2. The molecule has 0 aliphatic carbocycles. The van der Waals surface area contributed by atoms with Gasteiger partial charge in [-0.25, -0.2) is 0 Å². The summed E-state index contributed by atoms with van der Waals surface area (Å²) in [5.74, 6) is 0.612. The van der Waals surface area contributed by atoms with Crippen LogP contribution in [0.25, 0.3) is 0 Å². The summed E-state index contributed by atoms with van der Waals surface area (Å²) in [6, 6.07) is 40.6. The monoisotopic (exact) mass is 460 g/mol. The molecule has 0 aliphatic rings. The molecule has 1 N–H and O–H groups in total. The van der Waals surface area contributed by atoms with Gasteiger partial charge in [0.25, 0.3) is 0 Å². The van der Waals surface area contributed by atoms with E-state index < -0.39 is 0 Å². The minimum atomic E-state index is 0.240. The second-order valence-electron chi connectivity index (χ2n) is 7.35. The van der Waals surface area contributed by atoms with Crippen molar-refractivity contribution in [2.24, 2.45) is 0 Å². The molecule has 4 aromatic carbocycles. The highest BCUT2D eigenvalue weighted by molar-refractivity contribution is 6.17. The molecular weight excluding hydrogens is 428 g/mol. The Kier molecular flexibility index (Phi) is 14.1. The van der Waals surface area contributed by atoms with Gasteiger partial charge in [-0.15, -0.1) is 11.6 Å². The number of alkyl halides is 1. The molecule has 3 heteroatoms. The second kappa shape index (κ2) is 17.6. The van der Waals surface area contributed by atoms with E-state index in [9.17, 15) is 0 Å². The zero-order valence-corrected chi connectivity index (χ0v) is 19.8. The number of rotatable bonds is 8. The molecule has 0 saturated heterocycles. The summed E-state index contributed by atoms with van der Waals surface area (Å²) in [5, 5.41) is 8.52. The Morgan fingerprint density at radius 1 is 0.515 bits per heavy atom. The van der Waals surface area contributed by atoms with Gasteiger partial charge in [-0.2, -0.15) is 0 Å². The van der Waals surface area contributed by atoms with Crippen LogP contribution in [0.15, 0.2) is 121 Å². The van der Waals surface area contributed by atoms with Gasteiger partial charge in [-0.05, 0) is 35.1 Å². The van der Waals surface area contributed by atoms with Crippen molar-refractivity contribution in [1.82, 2.24) is 0 Å². The van der Waals surface area contributed by atoms with Crippen LogP contribution in [-0.4, -0.2) is 18.3 Å². The normalized spacial score (nSPS) is 9.76. The highest BCUT2D eigenvalue weighted by Gasteiger charge is 1.93. The molecule has 0 aromatic heterocycles. The van der Waals surface area contributed by atoms with Crippen LogP contribution in [0.4, 0.5) is 0 Å². The number of halogens is 1. The molecule has 33 heavy (non-hydrogen) atoms. The topological polar surface area (TPSA) is 29.5 Å². The fourth-order valence-electron chi connectivity index (χ4n) is 2.94. The zero-order chi connectivity index (χ0) is 23.4.